The van der Waals surface area contributed by atoms with Crippen LogP contribution in [0.1, 0.15) is 18.9 Å². The number of para-hydroxylation sites is 1. The van der Waals surface area contributed by atoms with Crippen molar-refractivity contribution in [2.75, 3.05) is 26.2 Å². The van der Waals surface area contributed by atoms with Crippen LogP contribution in [0.3, 0.4) is 0 Å². The number of benzene rings is 2. The van der Waals surface area contributed by atoms with Crippen LogP contribution in [-0.2, 0) is 13.1 Å². The van der Waals surface area contributed by atoms with Crippen molar-refractivity contribution in [2.45, 2.75) is 26.4 Å². The SMILES string of the molecule is CCn1c2ccccc2c2cc(CNCCCNCCO)ccc21.Cl.Cl. The van der Waals surface area contributed by atoms with Crippen molar-refractivity contribution in [2.24, 2.45) is 0 Å². The normalized spacial score (nSPS) is 10.7. The molecule has 0 aliphatic rings. The van der Waals surface area contributed by atoms with E-state index in [1.165, 1.54) is 27.4 Å². The van der Waals surface area contributed by atoms with Gasteiger partial charge < -0.3 is 20.3 Å². The molecule has 0 fully saturated rings. The molecular weight excluding hydrogens is 369 g/mol. The third kappa shape index (κ3) is 5.12. The van der Waals surface area contributed by atoms with E-state index >= 15 is 0 Å². The molecule has 1 heterocycles. The van der Waals surface area contributed by atoms with Gasteiger partial charge in [0.25, 0.3) is 0 Å². The van der Waals surface area contributed by atoms with Crippen LogP contribution >= 0.6 is 24.8 Å². The first-order valence-electron chi connectivity index (χ1n) is 8.87. The molecule has 0 spiro atoms. The van der Waals surface area contributed by atoms with Crippen LogP contribution in [-0.4, -0.2) is 35.9 Å². The molecule has 2 aromatic carbocycles. The van der Waals surface area contributed by atoms with E-state index < -0.39 is 0 Å². The van der Waals surface area contributed by atoms with Crippen LogP contribution < -0.4 is 10.6 Å². The fourth-order valence-electron chi connectivity index (χ4n) is 3.33. The van der Waals surface area contributed by atoms with Gasteiger partial charge in [0.05, 0.1) is 6.61 Å². The molecule has 6 heteroatoms. The standard InChI is InChI=1S/C20H27N3O.2ClH/c1-2-23-19-7-4-3-6-17(19)18-14-16(8-9-20(18)23)15-22-11-5-10-21-12-13-24;;/h3-4,6-9,14,21-22,24H,2,5,10-13,15H2,1H3;2*1H. The minimum Gasteiger partial charge on any atom is -0.395 e. The van der Waals surface area contributed by atoms with Gasteiger partial charge in [-0.15, -0.1) is 24.8 Å². The Morgan fingerprint density at radius 2 is 1.62 bits per heavy atom. The number of aliphatic hydroxyl groups is 1. The number of rotatable bonds is 9. The van der Waals surface area contributed by atoms with Crippen molar-refractivity contribution in [3.8, 4) is 0 Å². The summed E-state index contributed by atoms with van der Waals surface area (Å²) < 4.78 is 2.38. The number of hydrogen-bond donors (Lipinski definition) is 3. The first-order chi connectivity index (χ1) is 11.8. The molecule has 144 valence electrons. The largest absolute Gasteiger partial charge is 0.395 e. The van der Waals surface area contributed by atoms with Crippen LogP contribution in [0.2, 0.25) is 0 Å². The average molecular weight is 398 g/mol. The minimum atomic E-state index is 0. The Morgan fingerprint density at radius 1 is 0.885 bits per heavy atom. The molecule has 3 rings (SSSR count). The molecule has 0 amide bonds. The Labute approximate surface area is 167 Å². The summed E-state index contributed by atoms with van der Waals surface area (Å²) in [6.07, 6.45) is 1.07. The quantitative estimate of drug-likeness (QED) is 0.482. The Morgan fingerprint density at radius 3 is 2.38 bits per heavy atom. The number of aryl methyl sites for hydroxylation is 1. The van der Waals surface area contributed by atoms with Gasteiger partial charge in [0.2, 0.25) is 0 Å². The zero-order chi connectivity index (χ0) is 16.8. The Hall–Kier alpha value is -1.30. The van der Waals surface area contributed by atoms with Crippen LogP contribution in [0.5, 0.6) is 0 Å². The lowest BCUT2D eigenvalue weighted by Gasteiger charge is -2.07. The third-order valence-electron chi connectivity index (χ3n) is 4.48. The molecule has 0 aliphatic carbocycles. The molecule has 0 aliphatic heterocycles. The lowest BCUT2D eigenvalue weighted by Crippen LogP contribution is -2.23. The summed E-state index contributed by atoms with van der Waals surface area (Å²) in [5.41, 5.74) is 3.95. The lowest BCUT2D eigenvalue weighted by molar-refractivity contribution is 0.292. The van der Waals surface area contributed by atoms with Gasteiger partial charge in [-0.05, 0) is 50.2 Å². The minimum absolute atomic E-state index is 0. The van der Waals surface area contributed by atoms with E-state index in [4.69, 9.17) is 5.11 Å². The lowest BCUT2D eigenvalue weighted by atomic mass is 10.1. The molecule has 3 aromatic rings. The summed E-state index contributed by atoms with van der Waals surface area (Å²) in [7, 11) is 0. The van der Waals surface area contributed by atoms with Gasteiger partial charge in [-0.25, -0.2) is 0 Å². The number of halogens is 2. The fraction of sp³-hybridized carbons (Fsp3) is 0.400. The smallest absolute Gasteiger partial charge is 0.0555 e. The van der Waals surface area contributed by atoms with Crippen molar-refractivity contribution in [3.05, 3.63) is 48.0 Å². The van der Waals surface area contributed by atoms with E-state index in [2.05, 4.69) is 64.6 Å². The number of hydrogen-bond acceptors (Lipinski definition) is 3. The van der Waals surface area contributed by atoms with Crippen LogP contribution in [0.25, 0.3) is 21.8 Å². The molecule has 0 saturated heterocycles. The summed E-state index contributed by atoms with van der Waals surface area (Å²) in [5.74, 6) is 0. The van der Waals surface area contributed by atoms with Crippen molar-refractivity contribution < 1.29 is 5.11 Å². The summed E-state index contributed by atoms with van der Waals surface area (Å²) in [6, 6.07) is 15.4. The van der Waals surface area contributed by atoms with Gasteiger partial charge in [0.15, 0.2) is 0 Å². The molecule has 0 saturated carbocycles. The molecular formula is C20H29Cl2N3O. The number of nitrogens with zero attached hydrogens (tertiary/aromatic N) is 1. The van der Waals surface area contributed by atoms with Crippen molar-refractivity contribution in [1.29, 1.82) is 0 Å². The van der Waals surface area contributed by atoms with E-state index in [-0.39, 0.29) is 31.4 Å². The molecule has 0 unspecified atom stereocenters. The summed E-state index contributed by atoms with van der Waals surface area (Å²) in [6.45, 7) is 6.89. The van der Waals surface area contributed by atoms with Gasteiger partial charge in [0, 0.05) is 41.4 Å². The Kier molecular flexibility index (Phi) is 9.99. The van der Waals surface area contributed by atoms with E-state index in [9.17, 15) is 0 Å². The van der Waals surface area contributed by atoms with Gasteiger partial charge >= 0.3 is 0 Å². The second kappa shape index (κ2) is 11.4. The molecule has 0 bridgehead atoms. The highest BCUT2D eigenvalue weighted by Gasteiger charge is 2.09. The highest BCUT2D eigenvalue weighted by molar-refractivity contribution is 6.08. The average Bonchev–Trinajstić information content (AvgIpc) is 2.94. The summed E-state index contributed by atoms with van der Waals surface area (Å²) in [5, 5.41) is 18.1. The van der Waals surface area contributed by atoms with Crippen molar-refractivity contribution in [3.63, 3.8) is 0 Å². The maximum Gasteiger partial charge on any atom is 0.0555 e. The van der Waals surface area contributed by atoms with E-state index in [0.717, 1.165) is 32.6 Å². The first kappa shape index (κ1) is 22.7. The second-order valence-electron chi connectivity index (χ2n) is 6.12. The highest BCUT2D eigenvalue weighted by atomic mass is 35.5. The Balaban J connectivity index is 0.00000169. The second-order valence-corrected chi connectivity index (χ2v) is 6.12. The fourth-order valence-corrected chi connectivity index (χ4v) is 3.33. The molecule has 3 N–H and O–H groups in total. The van der Waals surface area contributed by atoms with Gasteiger partial charge in [0.1, 0.15) is 0 Å². The number of aromatic nitrogens is 1. The maximum atomic E-state index is 8.72. The van der Waals surface area contributed by atoms with Gasteiger partial charge in [-0.1, -0.05) is 24.3 Å². The molecule has 4 nitrogen and oxygen atoms in total. The maximum absolute atomic E-state index is 8.72. The monoisotopic (exact) mass is 397 g/mol. The number of aliphatic hydroxyl groups excluding tert-OH is 1. The van der Waals surface area contributed by atoms with Crippen LogP contribution in [0, 0.1) is 0 Å². The summed E-state index contributed by atoms with van der Waals surface area (Å²) >= 11 is 0. The van der Waals surface area contributed by atoms with Crippen molar-refractivity contribution in [1.82, 2.24) is 15.2 Å². The predicted octanol–water partition coefficient (Wildman–Crippen LogP) is 3.72. The molecule has 0 radical (unpaired) electrons. The van der Waals surface area contributed by atoms with E-state index in [1.807, 2.05) is 0 Å². The van der Waals surface area contributed by atoms with Gasteiger partial charge in [-0.2, -0.15) is 0 Å². The van der Waals surface area contributed by atoms with Crippen LogP contribution in [0.4, 0.5) is 0 Å². The highest BCUT2D eigenvalue weighted by Crippen LogP contribution is 2.29. The Bertz CT molecular complexity index is 804. The van der Waals surface area contributed by atoms with E-state index in [0.29, 0.717) is 6.54 Å². The topological polar surface area (TPSA) is 49.2 Å². The summed E-state index contributed by atoms with van der Waals surface area (Å²) in [4.78, 5) is 0. The number of fused-ring (bicyclic) bond motifs is 3. The first-order valence-corrected chi connectivity index (χ1v) is 8.87. The molecule has 1 aromatic heterocycles. The zero-order valence-electron chi connectivity index (χ0n) is 15.2. The van der Waals surface area contributed by atoms with Gasteiger partial charge in [-0.3, -0.25) is 0 Å². The van der Waals surface area contributed by atoms with Crippen LogP contribution in [0.15, 0.2) is 42.5 Å². The molecule has 26 heavy (non-hydrogen) atoms. The third-order valence-corrected chi connectivity index (χ3v) is 4.48. The van der Waals surface area contributed by atoms with E-state index in [1.54, 1.807) is 0 Å². The zero-order valence-corrected chi connectivity index (χ0v) is 16.8. The number of nitrogens with one attached hydrogen (secondary N) is 2. The predicted molar refractivity (Wildman–Crippen MR) is 116 cm³/mol. The molecule has 0 atom stereocenters. The van der Waals surface area contributed by atoms with Crippen molar-refractivity contribution >= 4 is 46.6 Å².